The third kappa shape index (κ3) is 5.37. The quantitative estimate of drug-likeness (QED) is 0.296. The second-order valence-corrected chi connectivity index (χ2v) is 5.51. The normalized spacial score (nSPS) is 20.4. The molecule has 0 unspecified atom stereocenters. The molecule has 17 heavy (non-hydrogen) atoms. The lowest BCUT2D eigenvalue weighted by Gasteiger charge is -2.32. The Hall–Kier alpha value is -0.810. The maximum Gasteiger partial charge on any atom is 0.205 e. The number of nitrogens with one attached hydrogen (secondary N) is 2. The van der Waals surface area contributed by atoms with Crippen LogP contribution >= 0.6 is 0 Å². The molecule has 1 heterocycles. The van der Waals surface area contributed by atoms with Gasteiger partial charge in [0.2, 0.25) is 5.96 Å². The zero-order valence-corrected chi connectivity index (χ0v) is 11.3. The van der Waals surface area contributed by atoms with E-state index in [4.69, 9.17) is 10.6 Å². The number of hydrazine groups is 1. The van der Waals surface area contributed by atoms with Crippen molar-refractivity contribution in [2.45, 2.75) is 33.6 Å². The molecule has 0 atom stereocenters. The molecular formula is C12H26N4O. The molecular weight excluding hydrogens is 216 g/mol. The van der Waals surface area contributed by atoms with Crippen molar-refractivity contribution in [3.63, 3.8) is 0 Å². The third-order valence-electron chi connectivity index (χ3n) is 3.13. The van der Waals surface area contributed by atoms with Gasteiger partial charge >= 0.3 is 0 Å². The maximum atomic E-state index is 5.45. The van der Waals surface area contributed by atoms with Gasteiger partial charge in [-0.1, -0.05) is 20.8 Å². The van der Waals surface area contributed by atoms with E-state index in [1.54, 1.807) is 0 Å². The van der Waals surface area contributed by atoms with Crippen molar-refractivity contribution in [3.8, 4) is 0 Å². The van der Waals surface area contributed by atoms with Crippen LogP contribution in [0.4, 0.5) is 0 Å². The van der Waals surface area contributed by atoms with E-state index in [0.29, 0.717) is 11.9 Å². The summed E-state index contributed by atoms with van der Waals surface area (Å²) >= 11 is 0. The second-order valence-electron chi connectivity index (χ2n) is 5.51. The average molecular weight is 242 g/mol. The first-order valence-electron chi connectivity index (χ1n) is 6.38. The molecule has 0 amide bonds. The number of rotatable bonds is 4. The van der Waals surface area contributed by atoms with Crippen LogP contribution in [-0.2, 0) is 4.74 Å². The van der Waals surface area contributed by atoms with Crippen molar-refractivity contribution in [2.75, 3.05) is 26.3 Å². The van der Waals surface area contributed by atoms with E-state index in [9.17, 15) is 0 Å². The summed E-state index contributed by atoms with van der Waals surface area (Å²) in [6.07, 6.45) is 2.14. The van der Waals surface area contributed by atoms with E-state index in [-0.39, 0.29) is 5.41 Å². The number of guanidine groups is 1. The molecule has 0 aromatic rings. The zero-order valence-electron chi connectivity index (χ0n) is 11.3. The molecule has 1 aliphatic heterocycles. The van der Waals surface area contributed by atoms with Gasteiger partial charge in [-0.15, -0.1) is 0 Å². The highest BCUT2D eigenvalue weighted by molar-refractivity contribution is 5.79. The molecule has 0 radical (unpaired) electrons. The Labute approximate surface area is 104 Å². The molecule has 0 aromatic carbocycles. The molecule has 0 aliphatic carbocycles. The van der Waals surface area contributed by atoms with Crippen LogP contribution in [0.5, 0.6) is 0 Å². The molecule has 0 bridgehead atoms. The van der Waals surface area contributed by atoms with E-state index in [0.717, 1.165) is 39.1 Å². The fraction of sp³-hybridized carbons (Fsp3) is 0.917. The summed E-state index contributed by atoms with van der Waals surface area (Å²) in [5, 5.41) is 3.21. The van der Waals surface area contributed by atoms with E-state index < -0.39 is 0 Å². The molecule has 1 fully saturated rings. The van der Waals surface area contributed by atoms with Crippen LogP contribution in [-0.4, -0.2) is 32.3 Å². The average Bonchev–Trinajstić information content (AvgIpc) is 2.30. The van der Waals surface area contributed by atoms with Crippen LogP contribution in [0.3, 0.4) is 0 Å². The summed E-state index contributed by atoms with van der Waals surface area (Å²) in [5.41, 5.74) is 2.87. The van der Waals surface area contributed by atoms with Gasteiger partial charge in [-0.2, -0.15) is 0 Å². The summed E-state index contributed by atoms with van der Waals surface area (Å²) in [6.45, 7) is 9.93. The van der Waals surface area contributed by atoms with Gasteiger partial charge in [-0.3, -0.25) is 10.4 Å². The lowest BCUT2D eigenvalue weighted by Crippen LogP contribution is -2.43. The van der Waals surface area contributed by atoms with Gasteiger partial charge in [0.1, 0.15) is 0 Å². The molecule has 5 nitrogen and oxygen atoms in total. The predicted octanol–water partition coefficient (Wildman–Crippen LogP) is 0.868. The van der Waals surface area contributed by atoms with E-state index in [1.807, 2.05) is 0 Å². The Morgan fingerprint density at radius 1 is 1.41 bits per heavy atom. The van der Waals surface area contributed by atoms with Gasteiger partial charge in [0, 0.05) is 26.3 Å². The van der Waals surface area contributed by atoms with Crippen LogP contribution < -0.4 is 16.6 Å². The van der Waals surface area contributed by atoms with Crippen LogP contribution in [0, 0.1) is 11.3 Å². The maximum absolute atomic E-state index is 5.45. The second kappa shape index (κ2) is 6.81. The fourth-order valence-corrected chi connectivity index (χ4v) is 1.75. The van der Waals surface area contributed by atoms with Crippen molar-refractivity contribution >= 4 is 5.96 Å². The molecule has 4 N–H and O–H groups in total. The first-order valence-corrected chi connectivity index (χ1v) is 6.38. The SMILES string of the molecule is CC(C)CNC(=NCC1(C)CCOCC1)NN. The Kier molecular flexibility index (Phi) is 5.71. The number of hydrogen-bond acceptors (Lipinski definition) is 3. The molecule has 100 valence electrons. The van der Waals surface area contributed by atoms with E-state index in [1.165, 1.54) is 0 Å². The van der Waals surface area contributed by atoms with Crippen LogP contribution in [0.15, 0.2) is 4.99 Å². The van der Waals surface area contributed by atoms with Crippen LogP contribution in [0.2, 0.25) is 0 Å². The Bertz CT molecular complexity index is 247. The highest BCUT2D eigenvalue weighted by Gasteiger charge is 2.27. The molecule has 0 aromatic heterocycles. The minimum Gasteiger partial charge on any atom is -0.381 e. The number of nitrogens with two attached hydrogens (primary N) is 1. The van der Waals surface area contributed by atoms with Crippen molar-refractivity contribution in [3.05, 3.63) is 0 Å². The van der Waals surface area contributed by atoms with Crippen molar-refractivity contribution in [1.29, 1.82) is 0 Å². The summed E-state index contributed by atoms with van der Waals surface area (Å²) in [6, 6.07) is 0. The Morgan fingerprint density at radius 2 is 2.06 bits per heavy atom. The van der Waals surface area contributed by atoms with Crippen LogP contribution in [0.25, 0.3) is 0 Å². The number of ether oxygens (including phenoxy) is 1. The van der Waals surface area contributed by atoms with Crippen molar-refractivity contribution < 1.29 is 4.74 Å². The Balaban J connectivity index is 2.42. The summed E-state index contributed by atoms with van der Waals surface area (Å²) in [7, 11) is 0. The largest absolute Gasteiger partial charge is 0.381 e. The first-order chi connectivity index (χ1) is 8.06. The number of hydrogen-bond donors (Lipinski definition) is 3. The lowest BCUT2D eigenvalue weighted by molar-refractivity contribution is 0.0283. The van der Waals surface area contributed by atoms with Gasteiger partial charge in [-0.05, 0) is 24.2 Å². The number of nitrogens with zero attached hydrogens (tertiary/aromatic N) is 1. The van der Waals surface area contributed by atoms with E-state index >= 15 is 0 Å². The van der Waals surface area contributed by atoms with Crippen molar-refractivity contribution in [2.24, 2.45) is 22.2 Å². The van der Waals surface area contributed by atoms with Crippen LogP contribution in [0.1, 0.15) is 33.6 Å². The zero-order chi connectivity index (χ0) is 12.7. The highest BCUT2D eigenvalue weighted by atomic mass is 16.5. The first kappa shape index (κ1) is 14.3. The fourth-order valence-electron chi connectivity index (χ4n) is 1.75. The topological polar surface area (TPSA) is 71.7 Å². The monoisotopic (exact) mass is 242 g/mol. The summed E-state index contributed by atoms with van der Waals surface area (Å²) < 4.78 is 5.37. The smallest absolute Gasteiger partial charge is 0.205 e. The third-order valence-corrected chi connectivity index (χ3v) is 3.13. The van der Waals surface area contributed by atoms with Crippen molar-refractivity contribution in [1.82, 2.24) is 10.7 Å². The summed E-state index contributed by atoms with van der Waals surface area (Å²) in [4.78, 5) is 4.52. The van der Waals surface area contributed by atoms with E-state index in [2.05, 4.69) is 36.5 Å². The summed E-state index contributed by atoms with van der Waals surface area (Å²) in [5.74, 6) is 6.71. The van der Waals surface area contributed by atoms with Gasteiger partial charge in [0.15, 0.2) is 0 Å². The standard InChI is InChI=1S/C12H26N4O/c1-10(2)8-14-11(16-13)15-9-12(3)4-6-17-7-5-12/h10H,4-9,13H2,1-3H3,(H2,14,15,16). The minimum absolute atomic E-state index is 0.250. The molecule has 1 rings (SSSR count). The molecule has 0 saturated carbocycles. The predicted molar refractivity (Wildman–Crippen MR) is 70.6 cm³/mol. The molecule has 0 spiro atoms. The molecule has 1 aliphatic rings. The van der Waals surface area contributed by atoms with Gasteiger partial charge in [0.05, 0.1) is 0 Å². The molecule has 5 heteroatoms. The minimum atomic E-state index is 0.250. The molecule has 1 saturated heterocycles. The van der Waals surface area contributed by atoms with Gasteiger partial charge < -0.3 is 10.1 Å². The van der Waals surface area contributed by atoms with Gasteiger partial charge in [-0.25, -0.2) is 5.84 Å². The lowest BCUT2D eigenvalue weighted by atomic mass is 9.83. The number of aliphatic imine (C=N–C) groups is 1. The highest BCUT2D eigenvalue weighted by Crippen LogP contribution is 2.29. The van der Waals surface area contributed by atoms with Gasteiger partial charge in [0.25, 0.3) is 0 Å². The Morgan fingerprint density at radius 3 is 2.59 bits per heavy atom.